The van der Waals surface area contributed by atoms with Crippen LogP contribution in [0, 0.1) is 17.9 Å². The van der Waals surface area contributed by atoms with E-state index in [0.717, 1.165) is 133 Å². The molecule has 334 valence electrons. The van der Waals surface area contributed by atoms with Crippen molar-refractivity contribution in [1.29, 1.82) is 5.26 Å². The van der Waals surface area contributed by atoms with Crippen molar-refractivity contribution in [3.05, 3.63) is 248 Å². The minimum Gasteiger partial charge on any atom is -0.454 e. The summed E-state index contributed by atoms with van der Waals surface area (Å²) in [5.74, 6) is 0. The highest BCUT2D eigenvalue weighted by Gasteiger charge is 2.28. The first kappa shape index (κ1) is 40.9. The molecule has 6 heteroatoms. The fourth-order valence-corrected chi connectivity index (χ4v) is 11.1. The summed E-state index contributed by atoms with van der Waals surface area (Å²) in [4.78, 5) is 8.56. The molecule has 14 rings (SSSR count). The van der Waals surface area contributed by atoms with Crippen LogP contribution < -0.4 is 9.80 Å². The Morgan fingerprint density at radius 2 is 0.875 bits per heavy atom. The number of benzene rings is 12. The van der Waals surface area contributed by atoms with Crippen LogP contribution >= 0.6 is 0 Å². The summed E-state index contributed by atoms with van der Waals surface area (Å²) < 4.78 is 13.7. The Kier molecular flexibility index (Phi) is 9.23. The summed E-state index contributed by atoms with van der Waals surface area (Å²) in [7, 11) is 0. The minimum atomic E-state index is 0.558. The molecule has 2 heterocycles. The van der Waals surface area contributed by atoms with Crippen LogP contribution in [0.4, 0.5) is 39.8 Å². The predicted molar refractivity (Wildman–Crippen MR) is 296 cm³/mol. The van der Waals surface area contributed by atoms with Crippen LogP contribution in [0.1, 0.15) is 5.56 Å². The zero-order valence-electron chi connectivity index (χ0n) is 38.5. The van der Waals surface area contributed by atoms with Gasteiger partial charge in [-0.1, -0.05) is 164 Å². The Labute approximate surface area is 413 Å². The zero-order valence-corrected chi connectivity index (χ0v) is 38.5. The zero-order chi connectivity index (χ0) is 47.9. The smallest absolute Gasteiger partial charge is 0.188 e. The number of nitrogens with zero attached hydrogens (tertiary/aromatic N) is 4. The average molecular weight is 919 g/mol. The second-order valence-electron chi connectivity index (χ2n) is 18.2. The molecular formula is C66H38N4O2. The monoisotopic (exact) mass is 918 g/mol. The van der Waals surface area contributed by atoms with E-state index in [9.17, 15) is 5.26 Å². The lowest BCUT2D eigenvalue weighted by Crippen LogP contribution is -2.13. The van der Waals surface area contributed by atoms with Crippen LogP contribution in [0.25, 0.3) is 103 Å². The van der Waals surface area contributed by atoms with Crippen LogP contribution in [0.15, 0.2) is 239 Å². The largest absolute Gasteiger partial charge is 0.454 e. The van der Waals surface area contributed by atoms with E-state index in [1.165, 1.54) is 0 Å². The maximum absolute atomic E-state index is 10.3. The number of anilines is 6. The van der Waals surface area contributed by atoms with Gasteiger partial charge < -0.3 is 18.6 Å². The maximum atomic E-state index is 10.3. The summed E-state index contributed by atoms with van der Waals surface area (Å²) in [6.45, 7) is 8.08. The molecule has 0 atom stereocenters. The first-order valence-electron chi connectivity index (χ1n) is 23.9. The summed E-state index contributed by atoms with van der Waals surface area (Å²) in [5, 5.41) is 20.9. The standard InChI is InChI=1S/C66H38N4O2/c1-68-46-32-36-57(54(39-46)43-17-6-3-7-18-43)69(58-25-13-22-49-47-20-8-10-27-61(47)71-65(49)58)55-35-31-45-38-60(51-24-12-19-44-30-33-52(55)64(45)63(44)51)70(56-34-29-41(40-67)37-53(56)42-15-4-2-5-16-42)59-26-14-23-50-48-21-9-11-28-62(48)72-66(50)59/h2-39H. The highest BCUT2D eigenvalue weighted by Crippen LogP contribution is 2.53. The Balaban J connectivity index is 1.08. The van der Waals surface area contributed by atoms with Crippen molar-refractivity contribution in [1.82, 2.24) is 0 Å². The second-order valence-corrected chi connectivity index (χ2v) is 18.2. The molecule has 0 amide bonds. The third-order valence-corrected chi connectivity index (χ3v) is 14.2. The number of rotatable bonds is 8. The highest BCUT2D eigenvalue weighted by molar-refractivity contribution is 6.30. The fourth-order valence-electron chi connectivity index (χ4n) is 11.1. The van der Waals surface area contributed by atoms with Crippen LogP contribution in [0.3, 0.4) is 0 Å². The average Bonchev–Trinajstić information content (AvgIpc) is 4.03. The van der Waals surface area contributed by atoms with Crippen molar-refractivity contribution in [2.45, 2.75) is 0 Å². The lowest BCUT2D eigenvalue weighted by atomic mass is 9.90. The fraction of sp³-hybridized carbons (Fsp3) is 0. The van der Waals surface area contributed by atoms with Gasteiger partial charge in [-0.25, -0.2) is 4.85 Å². The van der Waals surface area contributed by atoms with Gasteiger partial charge in [0, 0.05) is 37.9 Å². The van der Waals surface area contributed by atoms with E-state index < -0.39 is 0 Å². The van der Waals surface area contributed by atoms with Gasteiger partial charge in [0.1, 0.15) is 11.2 Å². The van der Waals surface area contributed by atoms with Gasteiger partial charge in [-0.2, -0.15) is 5.26 Å². The molecule has 72 heavy (non-hydrogen) atoms. The highest BCUT2D eigenvalue weighted by atomic mass is 16.3. The Morgan fingerprint density at radius 3 is 1.51 bits per heavy atom. The van der Waals surface area contributed by atoms with Gasteiger partial charge in [0.15, 0.2) is 16.9 Å². The molecule has 12 aromatic carbocycles. The molecule has 0 saturated heterocycles. The van der Waals surface area contributed by atoms with Gasteiger partial charge in [-0.3, -0.25) is 0 Å². The van der Waals surface area contributed by atoms with Crippen molar-refractivity contribution in [3.8, 4) is 28.3 Å². The van der Waals surface area contributed by atoms with Crippen LogP contribution in [0.5, 0.6) is 0 Å². The van der Waals surface area contributed by atoms with Crippen molar-refractivity contribution < 1.29 is 8.83 Å². The van der Waals surface area contributed by atoms with Crippen molar-refractivity contribution >= 4 is 116 Å². The first-order valence-corrected chi connectivity index (χ1v) is 23.9. The van der Waals surface area contributed by atoms with Crippen molar-refractivity contribution in [3.63, 3.8) is 0 Å². The van der Waals surface area contributed by atoms with Crippen LogP contribution in [-0.4, -0.2) is 0 Å². The van der Waals surface area contributed by atoms with Gasteiger partial charge in [0.2, 0.25) is 0 Å². The Bertz CT molecular complexity index is 4550. The normalized spacial score (nSPS) is 11.6. The third-order valence-electron chi connectivity index (χ3n) is 14.2. The molecule has 0 saturated carbocycles. The third kappa shape index (κ3) is 6.27. The molecule has 14 aromatic rings. The summed E-state index contributed by atoms with van der Waals surface area (Å²) in [6.07, 6.45) is 0. The lowest BCUT2D eigenvalue weighted by molar-refractivity contribution is 0.669. The Morgan fingerprint density at radius 1 is 0.375 bits per heavy atom. The number of hydrogen-bond acceptors (Lipinski definition) is 5. The van der Waals surface area contributed by atoms with E-state index in [4.69, 9.17) is 15.4 Å². The van der Waals surface area contributed by atoms with E-state index >= 15 is 0 Å². The molecule has 0 bridgehead atoms. The molecule has 6 nitrogen and oxygen atoms in total. The predicted octanol–water partition coefficient (Wildman–Crippen LogP) is 19.1. The van der Waals surface area contributed by atoms with E-state index in [-0.39, 0.29) is 0 Å². The molecule has 0 unspecified atom stereocenters. The molecule has 0 N–H and O–H groups in total. The van der Waals surface area contributed by atoms with Crippen LogP contribution in [-0.2, 0) is 0 Å². The molecule has 0 radical (unpaired) electrons. The van der Waals surface area contributed by atoms with Crippen molar-refractivity contribution in [2.75, 3.05) is 9.80 Å². The summed E-state index contributed by atoms with van der Waals surface area (Å²) in [5.41, 5.74) is 13.6. The number of fused-ring (bicyclic) bond motifs is 6. The van der Waals surface area contributed by atoms with Crippen molar-refractivity contribution in [2.24, 2.45) is 0 Å². The SMILES string of the molecule is [C-]#[N+]c1ccc(N(c2ccc3cc(N(c4ccc(C#N)cc4-c4ccccc4)c4cccc5c4oc4ccccc45)c4cccc5ccc2c3c54)c2cccc3c2oc2ccccc23)c(-c2ccccc2)c1. The van der Waals surface area contributed by atoms with E-state index in [2.05, 4.69) is 166 Å². The summed E-state index contributed by atoms with van der Waals surface area (Å²) >= 11 is 0. The van der Waals surface area contributed by atoms with Gasteiger partial charge in [0.25, 0.3) is 0 Å². The molecule has 0 fully saturated rings. The van der Waals surface area contributed by atoms with Crippen LogP contribution in [0.2, 0.25) is 0 Å². The van der Waals surface area contributed by atoms with E-state index in [1.54, 1.807) is 0 Å². The maximum Gasteiger partial charge on any atom is 0.188 e. The quantitative estimate of drug-likeness (QED) is 0.112. The van der Waals surface area contributed by atoms with Gasteiger partial charge in [0.05, 0.1) is 52.3 Å². The number of hydrogen-bond donors (Lipinski definition) is 0. The van der Waals surface area contributed by atoms with E-state index in [0.29, 0.717) is 11.3 Å². The van der Waals surface area contributed by atoms with Gasteiger partial charge >= 0.3 is 0 Å². The Hall–Kier alpha value is -10.1. The summed E-state index contributed by atoms with van der Waals surface area (Å²) in [6, 6.07) is 81.9. The minimum absolute atomic E-state index is 0.558. The molecule has 0 aliphatic carbocycles. The molecule has 2 aromatic heterocycles. The topological polar surface area (TPSA) is 60.9 Å². The lowest BCUT2D eigenvalue weighted by Gasteiger charge is -2.31. The first-order chi connectivity index (χ1) is 35.6. The van der Waals surface area contributed by atoms with E-state index in [1.807, 2.05) is 84.9 Å². The number of nitriles is 1. The molecule has 0 aliphatic rings. The number of furan rings is 2. The number of para-hydroxylation sites is 4. The van der Waals surface area contributed by atoms with Gasteiger partial charge in [-0.05, 0) is 105 Å². The molecular weight excluding hydrogens is 881 g/mol. The second kappa shape index (κ2) is 16.2. The van der Waals surface area contributed by atoms with Gasteiger partial charge in [-0.15, -0.1) is 0 Å². The molecule has 0 spiro atoms. The molecule has 0 aliphatic heterocycles.